The van der Waals surface area contributed by atoms with Crippen LogP contribution in [0, 0.1) is 12.7 Å². The first kappa shape index (κ1) is 9.04. The smallest absolute Gasteiger partial charge is 0.125 e. The van der Waals surface area contributed by atoms with Crippen LogP contribution in [0.5, 0.6) is 0 Å². The zero-order valence-electron chi connectivity index (χ0n) is 7.52. The summed E-state index contributed by atoms with van der Waals surface area (Å²) in [5, 5.41) is 3.16. The molecule has 66 valence electrons. The molecule has 0 aliphatic rings. The van der Waals surface area contributed by atoms with E-state index in [1.165, 1.54) is 12.1 Å². The highest BCUT2D eigenvalue weighted by Crippen LogP contribution is 2.15. The topological polar surface area (TPSA) is 12.0 Å². The van der Waals surface area contributed by atoms with E-state index in [1.807, 2.05) is 6.92 Å². The molecule has 0 aromatic heterocycles. The zero-order valence-corrected chi connectivity index (χ0v) is 7.52. The van der Waals surface area contributed by atoms with Gasteiger partial charge in [0.25, 0.3) is 0 Å². The second kappa shape index (κ2) is 4.10. The summed E-state index contributed by atoms with van der Waals surface area (Å²) in [4.78, 5) is 0. The van der Waals surface area contributed by atoms with Crippen molar-refractivity contribution in [1.29, 1.82) is 0 Å². The Hall–Kier alpha value is -1.05. The monoisotopic (exact) mass is 167 g/mol. The number of nitrogens with one attached hydrogen (secondary N) is 1. The quantitative estimate of drug-likeness (QED) is 0.729. The fourth-order valence-electron chi connectivity index (χ4n) is 1.04. The van der Waals surface area contributed by atoms with E-state index in [9.17, 15) is 4.39 Å². The molecule has 1 aromatic carbocycles. The lowest BCUT2D eigenvalue weighted by Gasteiger charge is -2.07. The van der Waals surface area contributed by atoms with E-state index in [0.29, 0.717) is 0 Å². The van der Waals surface area contributed by atoms with Crippen molar-refractivity contribution in [1.82, 2.24) is 0 Å². The van der Waals surface area contributed by atoms with Gasteiger partial charge in [0, 0.05) is 12.2 Å². The van der Waals surface area contributed by atoms with E-state index in [1.54, 1.807) is 6.07 Å². The van der Waals surface area contributed by atoms with Gasteiger partial charge in [-0.15, -0.1) is 0 Å². The van der Waals surface area contributed by atoms with Gasteiger partial charge in [-0.1, -0.05) is 13.0 Å². The molecular formula is C10H14FN. The summed E-state index contributed by atoms with van der Waals surface area (Å²) >= 11 is 0. The molecule has 1 N–H and O–H groups in total. The maximum absolute atomic E-state index is 12.7. The number of rotatable bonds is 3. The summed E-state index contributed by atoms with van der Waals surface area (Å²) in [5.74, 6) is -0.181. The number of halogens is 1. The van der Waals surface area contributed by atoms with Gasteiger partial charge in [0.1, 0.15) is 5.82 Å². The minimum Gasteiger partial charge on any atom is -0.385 e. The molecule has 1 aromatic rings. The van der Waals surface area contributed by atoms with Crippen molar-refractivity contribution in [3.8, 4) is 0 Å². The summed E-state index contributed by atoms with van der Waals surface area (Å²) in [5.41, 5.74) is 1.99. The average molecular weight is 167 g/mol. The minimum absolute atomic E-state index is 0.181. The molecule has 0 spiro atoms. The fourth-order valence-corrected chi connectivity index (χ4v) is 1.04. The lowest BCUT2D eigenvalue weighted by Crippen LogP contribution is -2.01. The van der Waals surface area contributed by atoms with Crippen molar-refractivity contribution in [3.63, 3.8) is 0 Å². The molecule has 0 heterocycles. The Balaban J connectivity index is 2.75. The van der Waals surface area contributed by atoms with Gasteiger partial charge < -0.3 is 5.32 Å². The van der Waals surface area contributed by atoms with Crippen LogP contribution in [0.1, 0.15) is 18.9 Å². The third-order valence-corrected chi connectivity index (χ3v) is 1.77. The van der Waals surface area contributed by atoms with Gasteiger partial charge in [0.05, 0.1) is 0 Å². The molecule has 0 aliphatic heterocycles. The van der Waals surface area contributed by atoms with Crippen LogP contribution in [-0.4, -0.2) is 6.54 Å². The Bertz CT molecular complexity index is 258. The Morgan fingerprint density at radius 1 is 1.42 bits per heavy atom. The van der Waals surface area contributed by atoms with E-state index in [-0.39, 0.29) is 5.82 Å². The second-order valence-electron chi connectivity index (χ2n) is 2.89. The van der Waals surface area contributed by atoms with E-state index >= 15 is 0 Å². The van der Waals surface area contributed by atoms with Gasteiger partial charge in [0.15, 0.2) is 0 Å². The van der Waals surface area contributed by atoms with E-state index in [2.05, 4.69) is 12.2 Å². The van der Waals surface area contributed by atoms with E-state index in [4.69, 9.17) is 0 Å². The van der Waals surface area contributed by atoms with Gasteiger partial charge >= 0.3 is 0 Å². The zero-order chi connectivity index (χ0) is 8.97. The van der Waals surface area contributed by atoms with Crippen LogP contribution in [-0.2, 0) is 0 Å². The van der Waals surface area contributed by atoms with Crippen molar-refractivity contribution < 1.29 is 4.39 Å². The van der Waals surface area contributed by atoms with Crippen molar-refractivity contribution in [2.75, 3.05) is 11.9 Å². The highest BCUT2D eigenvalue weighted by Gasteiger charge is 1.97. The predicted molar refractivity (Wildman–Crippen MR) is 49.9 cm³/mol. The van der Waals surface area contributed by atoms with Crippen LogP contribution in [0.2, 0.25) is 0 Å². The SMILES string of the molecule is CCCNc1cc(F)ccc1C. The molecule has 0 aliphatic carbocycles. The maximum atomic E-state index is 12.7. The Morgan fingerprint density at radius 2 is 2.17 bits per heavy atom. The van der Waals surface area contributed by atoms with Crippen LogP contribution in [0.15, 0.2) is 18.2 Å². The summed E-state index contributed by atoms with van der Waals surface area (Å²) in [7, 11) is 0. The summed E-state index contributed by atoms with van der Waals surface area (Å²) in [6.45, 7) is 4.95. The van der Waals surface area contributed by atoms with Gasteiger partial charge in [0.2, 0.25) is 0 Å². The van der Waals surface area contributed by atoms with Crippen LogP contribution in [0.4, 0.5) is 10.1 Å². The van der Waals surface area contributed by atoms with Gasteiger partial charge in [-0.25, -0.2) is 4.39 Å². The molecule has 0 bridgehead atoms. The van der Waals surface area contributed by atoms with Crippen LogP contribution < -0.4 is 5.32 Å². The van der Waals surface area contributed by atoms with Crippen molar-refractivity contribution in [3.05, 3.63) is 29.6 Å². The molecule has 0 amide bonds. The lowest BCUT2D eigenvalue weighted by atomic mass is 10.2. The van der Waals surface area contributed by atoms with Crippen LogP contribution in [0.25, 0.3) is 0 Å². The molecule has 12 heavy (non-hydrogen) atoms. The third kappa shape index (κ3) is 2.22. The first-order valence-electron chi connectivity index (χ1n) is 4.24. The number of benzene rings is 1. The Kier molecular flexibility index (Phi) is 3.09. The van der Waals surface area contributed by atoms with Crippen LogP contribution in [0.3, 0.4) is 0 Å². The minimum atomic E-state index is -0.181. The number of anilines is 1. The molecule has 1 nitrogen and oxygen atoms in total. The fraction of sp³-hybridized carbons (Fsp3) is 0.400. The molecular weight excluding hydrogens is 153 g/mol. The van der Waals surface area contributed by atoms with Gasteiger partial charge in [-0.2, -0.15) is 0 Å². The normalized spacial score (nSPS) is 9.92. The van der Waals surface area contributed by atoms with Crippen LogP contribution >= 0.6 is 0 Å². The van der Waals surface area contributed by atoms with Crippen molar-refractivity contribution in [2.24, 2.45) is 0 Å². The largest absolute Gasteiger partial charge is 0.385 e. The number of hydrogen-bond donors (Lipinski definition) is 1. The summed E-state index contributed by atoms with van der Waals surface area (Å²) < 4.78 is 12.7. The molecule has 0 fully saturated rings. The van der Waals surface area contributed by atoms with Crippen molar-refractivity contribution >= 4 is 5.69 Å². The number of hydrogen-bond acceptors (Lipinski definition) is 1. The van der Waals surface area contributed by atoms with Crippen molar-refractivity contribution in [2.45, 2.75) is 20.3 Å². The molecule has 0 unspecified atom stereocenters. The predicted octanol–water partition coefficient (Wildman–Crippen LogP) is 2.96. The Labute approximate surface area is 72.6 Å². The average Bonchev–Trinajstić information content (AvgIpc) is 2.07. The maximum Gasteiger partial charge on any atom is 0.125 e. The summed E-state index contributed by atoms with van der Waals surface area (Å²) in [6, 6.07) is 4.80. The highest BCUT2D eigenvalue weighted by molar-refractivity contribution is 5.50. The van der Waals surface area contributed by atoms with Gasteiger partial charge in [-0.3, -0.25) is 0 Å². The molecule has 0 atom stereocenters. The molecule has 2 heteroatoms. The molecule has 1 rings (SSSR count). The molecule has 0 saturated carbocycles. The third-order valence-electron chi connectivity index (χ3n) is 1.77. The molecule has 0 saturated heterocycles. The Morgan fingerprint density at radius 3 is 2.83 bits per heavy atom. The summed E-state index contributed by atoms with van der Waals surface area (Å²) in [6.07, 6.45) is 1.05. The van der Waals surface area contributed by atoms with Gasteiger partial charge in [-0.05, 0) is 31.0 Å². The lowest BCUT2D eigenvalue weighted by molar-refractivity contribution is 0.628. The first-order chi connectivity index (χ1) is 5.74. The standard InChI is InChI=1S/C10H14FN/c1-3-6-12-10-7-9(11)5-4-8(10)2/h4-5,7,12H,3,6H2,1-2H3. The number of aryl methyl sites for hydroxylation is 1. The van der Waals surface area contributed by atoms with E-state index in [0.717, 1.165) is 24.2 Å². The first-order valence-corrected chi connectivity index (χ1v) is 4.24. The van der Waals surface area contributed by atoms with E-state index < -0.39 is 0 Å². The highest BCUT2D eigenvalue weighted by atomic mass is 19.1. The second-order valence-corrected chi connectivity index (χ2v) is 2.89. The molecule has 0 radical (unpaired) electrons.